The van der Waals surface area contributed by atoms with Crippen LogP contribution in [0, 0.1) is 11.3 Å². The Bertz CT molecular complexity index is 3680. The summed E-state index contributed by atoms with van der Waals surface area (Å²) in [6.45, 7) is 0. The zero-order valence-electron chi connectivity index (χ0n) is 39.5. The van der Waals surface area contributed by atoms with Crippen LogP contribution in [0.3, 0.4) is 0 Å². The van der Waals surface area contributed by atoms with Crippen LogP contribution in [-0.4, -0.2) is 17.8 Å². The molecule has 0 spiro atoms. The molecule has 0 radical (unpaired) electrons. The predicted molar refractivity (Wildman–Crippen MR) is 304 cm³/mol. The minimum Gasteiger partial charge on any atom is -0.0423 e. The second-order valence-electron chi connectivity index (χ2n) is 18.0. The molecule has 0 fully saturated rings. The topological polar surface area (TPSA) is 35.2 Å². The van der Waals surface area contributed by atoms with Crippen molar-refractivity contribution >= 4 is 86.8 Å². The average molecular weight is 982 g/mol. The smallest absolute Gasteiger partial charge is 0.0423 e. The second kappa shape index (κ2) is 19.3. The van der Waals surface area contributed by atoms with Crippen molar-refractivity contribution in [3.63, 3.8) is 0 Å². The van der Waals surface area contributed by atoms with Gasteiger partial charge in [-0.15, -0.1) is 0 Å². The van der Waals surface area contributed by atoms with Crippen LogP contribution in [0.4, 0.5) is 34.1 Å². The van der Waals surface area contributed by atoms with Crippen molar-refractivity contribution in [1.29, 1.82) is 5.26 Å². The van der Waals surface area contributed by atoms with Gasteiger partial charge in [-0.1, -0.05) is 54.6 Å². The van der Waals surface area contributed by atoms with Gasteiger partial charge in [0.15, 0.2) is 0 Å². The zero-order valence-corrected chi connectivity index (χ0v) is 41.6. The Labute approximate surface area is 423 Å². The van der Waals surface area contributed by atoms with Crippen LogP contribution in [-0.2, 0) is 0 Å². The Morgan fingerprint density at radius 1 is 0.306 bits per heavy atom. The predicted octanol–water partition coefficient (Wildman–Crippen LogP) is 14.6. The maximum atomic E-state index is 9.58. The van der Waals surface area contributed by atoms with Crippen molar-refractivity contribution in [2.75, 3.05) is 9.80 Å². The number of rotatable bonds is 12. The van der Waals surface area contributed by atoms with Crippen molar-refractivity contribution in [1.82, 2.24) is 4.57 Å². The quantitative estimate of drug-likeness (QED) is 0.114. The number of benzene rings is 11. The molecular weight excluding hydrogens is 933 g/mol. The van der Waals surface area contributed by atoms with Gasteiger partial charge in [-0.3, -0.25) is 0 Å². The fraction of sp³-hybridized carbons (Fsp3) is 0. The van der Waals surface area contributed by atoms with Crippen molar-refractivity contribution < 1.29 is 0 Å². The van der Waals surface area contributed by atoms with E-state index in [2.05, 4.69) is 287 Å². The van der Waals surface area contributed by atoms with Crippen LogP contribution in [0.2, 0.25) is 0 Å². The van der Waals surface area contributed by atoms with E-state index >= 15 is 0 Å². The molecule has 340 valence electrons. The monoisotopic (exact) mass is 982 g/mol. The van der Waals surface area contributed by atoms with Gasteiger partial charge in [-0.2, -0.15) is 5.26 Å². The van der Waals surface area contributed by atoms with Crippen molar-refractivity contribution in [3.8, 4) is 22.9 Å². The summed E-state index contributed by atoms with van der Waals surface area (Å²) in [4.78, 5) is 4.66. The van der Waals surface area contributed by atoms with E-state index in [0.29, 0.717) is 5.56 Å². The standard InChI is InChI=1S/C67H48GeN4/c69-49-50-30-38-62(39-31-50)72-66-29-17-16-28-64(66)65-48-63(46-47-67(65)72)71(61-44-42-60(43-45-61)70(57-24-12-4-13-25-57)58-26-14-5-15-27-58)59-40-34-52(35-41-59)51-32-36-56(37-33-51)68(53-18-6-1-7-19-53,54-20-8-2-9-21-54)55-22-10-3-11-23-55/h1-48H. The van der Waals surface area contributed by atoms with Crippen LogP contribution in [0.1, 0.15) is 5.56 Å². The van der Waals surface area contributed by atoms with Crippen molar-refractivity contribution in [2.45, 2.75) is 0 Å². The van der Waals surface area contributed by atoms with E-state index in [9.17, 15) is 5.26 Å². The molecule has 1 aromatic heterocycles. The molecule has 4 nitrogen and oxygen atoms in total. The van der Waals surface area contributed by atoms with Gasteiger partial charge in [0.2, 0.25) is 0 Å². The minimum absolute atomic E-state index is 0.639. The summed E-state index contributed by atoms with van der Waals surface area (Å²) in [6, 6.07) is 107. The van der Waals surface area contributed by atoms with Gasteiger partial charge in [-0.25, -0.2) is 0 Å². The molecule has 0 atom stereocenters. The molecule has 0 aliphatic heterocycles. The van der Waals surface area contributed by atoms with E-state index in [1.54, 1.807) is 0 Å². The molecule has 0 saturated heterocycles. The first-order valence-electron chi connectivity index (χ1n) is 24.4. The molecule has 0 N–H and O–H groups in total. The molecule has 72 heavy (non-hydrogen) atoms. The summed E-state index contributed by atoms with van der Waals surface area (Å²) in [5.41, 5.74) is 12.6. The van der Waals surface area contributed by atoms with Crippen LogP contribution in [0.15, 0.2) is 291 Å². The van der Waals surface area contributed by atoms with E-state index in [1.807, 2.05) is 24.3 Å². The Morgan fingerprint density at radius 3 is 1.15 bits per heavy atom. The van der Waals surface area contributed by atoms with Gasteiger partial charge in [0.25, 0.3) is 0 Å². The second-order valence-corrected chi connectivity index (χ2v) is 26.0. The Kier molecular flexibility index (Phi) is 11.8. The van der Waals surface area contributed by atoms with Crippen molar-refractivity contribution in [3.05, 3.63) is 297 Å². The van der Waals surface area contributed by atoms with E-state index in [-0.39, 0.29) is 0 Å². The number of aromatic nitrogens is 1. The molecule has 12 rings (SSSR count). The van der Waals surface area contributed by atoms with E-state index in [0.717, 1.165) is 67.2 Å². The fourth-order valence-corrected chi connectivity index (χ4v) is 20.6. The number of para-hydroxylation sites is 3. The Morgan fingerprint density at radius 2 is 0.667 bits per heavy atom. The van der Waals surface area contributed by atoms with Gasteiger partial charge < -0.3 is 9.47 Å². The van der Waals surface area contributed by atoms with Gasteiger partial charge in [0, 0.05) is 28.1 Å². The molecule has 12 aromatic rings. The van der Waals surface area contributed by atoms with E-state index in [4.69, 9.17) is 0 Å². The molecule has 1 heterocycles. The number of hydrogen-bond acceptors (Lipinski definition) is 3. The minimum atomic E-state index is -3.40. The number of nitrogens with zero attached hydrogens (tertiary/aromatic N) is 4. The molecule has 5 heteroatoms. The SMILES string of the molecule is N#Cc1ccc(-n2c3ccccc3c3cc(N(c4ccc(-c5cc[c]([Ge]([c]6ccccc6)([c]6ccccc6)[c]6ccccc6)cc5)cc4)c4ccc(N(c5ccccc5)c5ccccc5)cc4)ccc32)cc1. The molecule has 11 aromatic carbocycles. The summed E-state index contributed by atoms with van der Waals surface area (Å²) in [6.07, 6.45) is 0. The van der Waals surface area contributed by atoms with E-state index in [1.165, 1.54) is 23.1 Å². The van der Waals surface area contributed by atoms with Gasteiger partial charge in [0.05, 0.1) is 22.7 Å². The normalized spacial score (nSPS) is 11.3. The molecule has 0 amide bonds. The summed E-state index contributed by atoms with van der Waals surface area (Å²) < 4.78 is 7.91. The summed E-state index contributed by atoms with van der Waals surface area (Å²) in [5.74, 6) is 0. The molecule has 0 unspecified atom stereocenters. The first-order chi connectivity index (χ1) is 35.7. The van der Waals surface area contributed by atoms with Crippen LogP contribution >= 0.6 is 0 Å². The van der Waals surface area contributed by atoms with Crippen LogP contribution < -0.4 is 27.4 Å². The van der Waals surface area contributed by atoms with E-state index < -0.39 is 13.3 Å². The maximum absolute atomic E-state index is 9.58. The van der Waals surface area contributed by atoms with Crippen LogP contribution in [0.5, 0.6) is 0 Å². The summed E-state index contributed by atoms with van der Waals surface area (Å²) in [5, 5.41) is 11.9. The van der Waals surface area contributed by atoms with Gasteiger partial charge in [0.1, 0.15) is 0 Å². The first-order valence-corrected chi connectivity index (χ1v) is 28.6. The number of anilines is 6. The number of hydrogen-bond donors (Lipinski definition) is 0. The number of nitriles is 1. The number of fused-ring (bicyclic) bond motifs is 3. The van der Waals surface area contributed by atoms with Gasteiger partial charge in [-0.05, 0) is 54.6 Å². The Balaban J connectivity index is 0.963. The molecule has 0 aliphatic carbocycles. The zero-order chi connectivity index (χ0) is 48.3. The molecule has 0 aliphatic rings. The fourth-order valence-electron chi connectivity index (χ4n) is 10.6. The first kappa shape index (κ1) is 44.1. The summed E-state index contributed by atoms with van der Waals surface area (Å²) in [7, 11) is 0. The third-order valence-corrected chi connectivity index (χ3v) is 24.0. The summed E-state index contributed by atoms with van der Waals surface area (Å²) >= 11 is -3.40. The molecule has 0 saturated carbocycles. The molecular formula is C67H48GeN4. The van der Waals surface area contributed by atoms with Crippen LogP contribution in [0.25, 0.3) is 38.6 Å². The third-order valence-electron chi connectivity index (χ3n) is 14.0. The third kappa shape index (κ3) is 8.02. The average Bonchev–Trinajstić information content (AvgIpc) is 3.79. The van der Waals surface area contributed by atoms with Crippen molar-refractivity contribution in [2.24, 2.45) is 0 Å². The molecule has 0 bridgehead atoms. The van der Waals surface area contributed by atoms with Gasteiger partial charge >= 0.3 is 251 Å². The Hall–Kier alpha value is -9.15.